The highest BCUT2D eigenvalue weighted by Crippen LogP contribution is 2.33. The van der Waals surface area contributed by atoms with E-state index in [2.05, 4.69) is 45.7 Å². The van der Waals surface area contributed by atoms with Crippen molar-refractivity contribution in [3.8, 4) is 0 Å². The molecule has 0 aromatic carbocycles. The molecular weight excluding hydrogens is 294 g/mol. The van der Waals surface area contributed by atoms with Crippen molar-refractivity contribution in [3.63, 3.8) is 0 Å². The van der Waals surface area contributed by atoms with E-state index in [-0.39, 0.29) is 0 Å². The molecule has 0 bridgehead atoms. The van der Waals surface area contributed by atoms with Crippen molar-refractivity contribution in [1.29, 1.82) is 0 Å². The van der Waals surface area contributed by atoms with Crippen LogP contribution in [-0.2, 0) is 0 Å². The number of nitrogens with one attached hydrogen (secondary N) is 1. The van der Waals surface area contributed by atoms with Crippen molar-refractivity contribution in [3.05, 3.63) is 32.4 Å². The van der Waals surface area contributed by atoms with Crippen molar-refractivity contribution in [2.24, 2.45) is 0 Å². The van der Waals surface area contributed by atoms with E-state index >= 15 is 0 Å². The molecule has 0 saturated heterocycles. The van der Waals surface area contributed by atoms with Gasteiger partial charge >= 0.3 is 0 Å². The van der Waals surface area contributed by atoms with Gasteiger partial charge in [0.05, 0.1) is 9.83 Å². The molecule has 1 aromatic heterocycles. The smallest absolute Gasteiger partial charge is 0.0701 e. The summed E-state index contributed by atoms with van der Waals surface area (Å²) >= 11 is 5.34. The van der Waals surface area contributed by atoms with Crippen LogP contribution in [0.5, 0.6) is 0 Å². The summed E-state index contributed by atoms with van der Waals surface area (Å²) in [5.74, 6) is 0. The third-order valence-electron chi connectivity index (χ3n) is 3.28. The van der Waals surface area contributed by atoms with Crippen LogP contribution in [0.1, 0.15) is 50.6 Å². The van der Waals surface area contributed by atoms with Crippen molar-refractivity contribution in [2.45, 2.75) is 45.1 Å². The van der Waals surface area contributed by atoms with Gasteiger partial charge in [0.2, 0.25) is 0 Å². The van der Waals surface area contributed by atoms with E-state index in [1.807, 2.05) is 0 Å². The van der Waals surface area contributed by atoms with E-state index < -0.39 is 0 Å². The maximum absolute atomic E-state index is 3.63. The summed E-state index contributed by atoms with van der Waals surface area (Å²) in [6.07, 6.45) is 9.06. The first-order chi connectivity index (χ1) is 8.31. The van der Waals surface area contributed by atoms with Crippen LogP contribution in [0.3, 0.4) is 0 Å². The molecule has 1 nitrogen and oxygen atoms in total. The predicted octanol–water partition coefficient (Wildman–Crippen LogP) is 5.05. The van der Waals surface area contributed by atoms with Gasteiger partial charge in [-0.15, -0.1) is 11.3 Å². The first-order valence-electron chi connectivity index (χ1n) is 6.47. The molecule has 0 radical (unpaired) electrons. The molecule has 17 heavy (non-hydrogen) atoms. The van der Waals surface area contributed by atoms with Crippen LogP contribution in [0.4, 0.5) is 0 Å². The Bertz CT molecular complexity index is 383. The second-order valence-electron chi connectivity index (χ2n) is 4.55. The van der Waals surface area contributed by atoms with Gasteiger partial charge in [0.25, 0.3) is 0 Å². The average molecular weight is 314 g/mol. The lowest BCUT2D eigenvalue weighted by Gasteiger charge is -2.20. The second kappa shape index (κ2) is 6.72. The van der Waals surface area contributed by atoms with Crippen molar-refractivity contribution in [2.75, 3.05) is 6.54 Å². The molecule has 2 rings (SSSR count). The van der Waals surface area contributed by atoms with Gasteiger partial charge in [-0.05, 0) is 65.2 Å². The Morgan fingerprint density at radius 3 is 3.00 bits per heavy atom. The minimum Gasteiger partial charge on any atom is -0.307 e. The van der Waals surface area contributed by atoms with Crippen LogP contribution in [0, 0.1) is 0 Å². The second-order valence-corrected chi connectivity index (χ2v) is 6.84. The summed E-state index contributed by atoms with van der Waals surface area (Å²) in [5, 5.41) is 5.89. The largest absolute Gasteiger partial charge is 0.307 e. The SMILES string of the molecule is CCNC(C1=CCCCCC1)c1csc(Br)c1. The minimum absolute atomic E-state index is 0.431. The van der Waals surface area contributed by atoms with E-state index in [1.165, 1.54) is 41.5 Å². The summed E-state index contributed by atoms with van der Waals surface area (Å²) in [4.78, 5) is 0. The number of rotatable bonds is 4. The molecule has 0 amide bonds. The molecule has 1 atom stereocenters. The molecule has 0 spiro atoms. The Hall–Kier alpha value is -0.120. The Balaban J connectivity index is 2.18. The van der Waals surface area contributed by atoms with Crippen LogP contribution < -0.4 is 5.32 Å². The molecule has 0 aliphatic heterocycles. The number of allylic oxidation sites excluding steroid dienone is 1. The van der Waals surface area contributed by atoms with Gasteiger partial charge in [-0.2, -0.15) is 0 Å². The van der Waals surface area contributed by atoms with Gasteiger partial charge in [0, 0.05) is 0 Å². The maximum atomic E-state index is 3.63. The van der Waals surface area contributed by atoms with Crippen molar-refractivity contribution >= 4 is 27.3 Å². The monoisotopic (exact) mass is 313 g/mol. The Morgan fingerprint density at radius 2 is 2.29 bits per heavy atom. The summed E-state index contributed by atoms with van der Waals surface area (Å²) in [5.41, 5.74) is 3.01. The van der Waals surface area contributed by atoms with Gasteiger partial charge in [-0.3, -0.25) is 0 Å². The first-order valence-corrected chi connectivity index (χ1v) is 8.14. The molecule has 3 heteroatoms. The topological polar surface area (TPSA) is 12.0 Å². The van der Waals surface area contributed by atoms with Crippen LogP contribution in [0.2, 0.25) is 0 Å². The quantitative estimate of drug-likeness (QED) is 0.767. The Labute approximate surface area is 116 Å². The molecule has 1 aromatic rings. The highest BCUT2D eigenvalue weighted by Gasteiger charge is 2.17. The number of thiophene rings is 1. The molecule has 0 fully saturated rings. The fourth-order valence-corrected chi connectivity index (χ4v) is 3.65. The summed E-state index contributed by atoms with van der Waals surface area (Å²) < 4.78 is 1.23. The number of halogens is 1. The van der Waals surface area contributed by atoms with E-state index in [9.17, 15) is 0 Å². The number of hydrogen-bond acceptors (Lipinski definition) is 2. The molecule has 1 N–H and O–H groups in total. The molecule has 1 aliphatic carbocycles. The molecular formula is C14H20BrNS. The predicted molar refractivity (Wildman–Crippen MR) is 79.6 cm³/mol. The maximum Gasteiger partial charge on any atom is 0.0701 e. The highest BCUT2D eigenvalue weighted by atomic mass is 79.9. The Morgan fingerprint density at radius 1 is 1.41 bits per heavy atom. The zero-order chi connectivity index (χ0) is 12.1. The van der Waals surface area contributed by atoms with E-state index in [1.54, 1.807) is 16.9 Å². The van der Waals surface area contributed by atoms with E-state index in [0.717, 1.165) is 6.54 Å². The fourth-order valence-electron chi connectivity index (χ4n) is 2.44. The van der Waals surface area contributed by atoms with Gasteiger partial charge in [0.1, 0.15) is 0 Å². The lowest BCUT2D eigenvalue weighted by Crippen LogP contribution is -2.22. The summed E-state index contributed by atoms with van der Waals surface area (Å²) in [6.45, 7) is 3.21. The zero-order valence-corrected chi connectivity index (χ0v) is 12.7. The van der Waals surface area contributed by atoms with Crippen LogP contribution in [0.15, 0.2) is 26.9 Å². The zero-order valence-electron chi connectivity index (χ0n) is 10.3. The third-order valence-corrected chi connectivity index (χ3v) is 4.80. The minimum atomic E-state index is 0.431. The van der Waals surface area contributed by atoms with Crippen LogP contribution in [-0.4, -0.2) is 6.54 Å². The standard InChI is InChI=1S/C14H20BrNS/c1-2-16-14(12-9-13(15)17-10-12)11-7-5-3-4-6-8-11/h7,9-10,14,16H,2-6,8H2,1H3. The summed E-state index contributed by atoms with van der Waals surface area (Å²) in [6, 6.07) is 2.68. The highest BCUT2D eigenvalue weighted by molar-refractivity contribution is 9.11. The van der Waals surface area contributed by atoms with E-state index in [4.69, 9.17) is 0 Å². The van der Waals surface area contributed by atoms with Crippen molar-refractivity contribution < 1.29 is 0 Å². The molecule has 1 unspecified atom stereocenters. The van der Waals surface area contributed by atoms with Gasteiger partial charge in [0.15, 0.2) is 0 Å². The number of likely N-dealkylation sites (N-methyl/N-ethyl adjacent to an activating group) is 1. The normalized spacial score (nSPS) is 18.6. The molecule has 1 aliphatic rings. The Kier molecular flexibility index (Phi) is 5.26. The average Bonchev–Trinajstić information content (AvgIpc) is 2.60. The van der Waals surface area contributed by atoms with Gasteiger partial charge in [-0.25, -0.2) is 0 Å². The van der Waals surface area contributed by atoms with Crippen molar-refractivity contribution in [1.82, 2.24) is 5.32 Å². The van der Waals surface area contributed by atoms with Crippen LogP contribution in [0.25, 0.3) is 0 Å². The number of hydrogen-bond donors (Lipinski definition) is 1. The fraction of sp³-hybridized carbons (Fsp3) is 0.571. The lowest BCUT2D eigenvalue weighted by atomic mass is 9.97. The third kappa shape index (κ3) is 3.67. The molecule has 1 heterocycles. The molecule has 94 valence electrons. The first kappa shape index (κ1) is 13.3. The lowest BCUT2D eigenvalue weighted by molar-refractivity contribution is 0.591. The molecule has 0 saturated carbocycles. The summed E-state index contributed by atoms with van der Waals surface area (Å²) in [7, 11) is 0. The van der Waals surface area contributed by atoms with Crippen LogP contribution >= 0.6 is 27.3 Å². The van der Waals surface area contributed by atoms with Gasteiger partial charge < -0.3 is 5.32 Å². The van der Waals surface area contributed by atoms with Gasteiger partial charge in [-0.1, -0.05) is 25.0 Å². The van der Waals surface area contributed by atoms with E-state index in [0.29, 0.717) is 6.04 Å².